The zero-order valence-corrected chi connectivity index (χ0v) is 18.4. The third-order valence-corrected chi connectivity index (χ3v) is 5.75. The van der Waals surface area contributed by atoms with E-state index >= 15 is 0 Å². The molecule has 0 saturated carbocycles. The van der Waals surface area contributed by atoms with Crippen molar-refractivity contribution >= 4 is 17.6 Å². The third-order valence-electron chi connectivity index (χ3n) is 5.75. The Balaban J connectivity index is 1.33. The lowest BCUT2D eigenvalue weighted by atomic mass is 9.98. The van der Waals surface area contributed by atoms with Gasteiger partial charge in [-0.1, -0.05) is 72.8 Å². The predicted molar refractivity (Wildman–Crippen MR) is 126 cm³/mol. The van der Waals surface area contributed by atoms with Gasteiger partial charge in [0, 0.05) is 25.1 Å². The Kier molecular flexibility index (Phi) is 7.29. The molecular formula is C26H25N3O5. The number of nitrogens with zero attached hydrogens (tertiary/aromatic N) is 1. The van der Waals surface area contributed by atoms with Crippen molar-refractivity contribution in [2.24, 2.45) is 0 Å². The number of amides is 1. The maximum absolute atomic E-state index is 13.0. The quantitative estimate of drug-likeness (QED) is 0.304. The average Bonchev–Trinajstić information content (AvgIpc) is 3.32. The summed E-state index contributed by atoms with van der Waals surface area (Å²) in [6, 6.07) is 24.5. The second-order valence-corrected chi connectivity index (χ2v) is 8.17. The van der Waals surface area contributed by atoms with Gasteiger partial charge in [-0.15, -0.1) is 0 Å². The smallest absolute Gasteiger partial charge is 0.310 e. The molecule has 4 rings (SSSR count). The van der Waals surface area contributed by atoms with Crippen molar-refractivity contribution in [3.05, 3.63) is 112 Å². The molecule has 1 fully saturated rings. The van der Waals surface area contributed by atoms with Crippen LogP contribution >= 0.6 is 0 Å². The molecule has 1 amide bonds. The van der Waals surface area contributed by atoms with Gasteiger partial charge in [-0.25, -0.2) is 0 Å². The Morgan fingerprint density at radius 3 is 2.12 bits per heavy atom. The highest BCUT2D eigenvalue weighted by molar-refractivity contribution is 5.83. The number of hydrogen-bond acceptors (Lipinski definition) is 6. The standard InChI is InChI=1S/C26H25N3O5/c30-24(15-18-11-13-21(14-12-18)29(32)33)34-22-16-23(27-17-22)26(31)28-25(19-7-3-1-4-8-19)20-9-5-2-6-10-20/h1-14,22-23,25,27H,15-17H2,(H,28,31). The van der Waals surface area contributed by atoms with Crippen LogP contribution in [0.1, 0.15) is 29.2 Å². The van der Waals surface area contributed by atoms with Gasteiger partial charge in [0.15, 0.2) is 0 Å². The summed E-state index contributed by atoms with van der Waals surface area (Å²) in [6.45, 7) is 0.380. The van der Waals surface area contributed by atoms with E-state index in [0.29, 0.717) is 18.5 Å². The van der Waals surface area contributed by atoms with E-state index < -0.39 is 23.0 Å². The first-order valence-corrected chi connectivity index (χ1v) is 11.1. The highest BCUT2D eigenvalue weighted by Gasteiger charge is 2.33. The van der Waals surface area contributed by atoms with Gasteiger partial charge < -0.3 is 15.4 Å². The molecule has 2 unspecified atom stereocenters. The fraction of sp³-hybridized carbons (Fsp3) is 0.231. The number of carbonyl (C=O) groups is 2. The van der Waals surface area contributed by atoms with E-state index in [-0.39, 0.29) is 24.1 Å². The van der Waals surface area contributed by atoms with E-state index in [0.717, 1.165) is 11.1 Å². The van der Waals surface area contributed by atoms with Crippen molar-refractivity contribution in [2.45, 2.75) is 31.0 Å². The van der Waals surface area contributed by atoms with Gasteiger partial charge in [0.1, 0.15) is 6.10 Å². The Morgan fingerprint density at radius 1 is 0.971 bits per heavy atom. The molecule has 3 aromatic carbocycles. The van der Waals surface area contributed by atoms with E-state index in [1.807, 2.05) is 60.7 Å². The van der Waals surface area contributed by atoms with Crippen LogP contribution in [-0.4, -0.2) is 35.5 Å². The molecule has 0 aliphatic carbocycles. The summed E-state index contributed by atoms with van der Waals surface area (Å²) in [7, 11) is 0. The van der Waals surface area contributed by atoms with Crippen LogP contribution in [0, 0.1) is 10.1 Å². The number of ether oxygens (including phenoxy) is 1. The molecule has 3 aromatic rings. The van der Waals surface area contributed by atoms with Crippen LogP contribution in [0.5, 0.6) is 0 Å². The van der Waals surface area contributed by atoms with Gasteiger partial charge in [-0.05, 0) is 16.7 Å². The number of rotatable bonds is 8. The summed E-state index contributed by atoms with van der Waals surface area (Å²) in [5.74, 6) is -0.597. The first-order chi connectivity index (χ1) is 16.5. The van der Waals surface area contributed by atoms with Crippen molar-refractivity contribution < 1.29 is 19.2 Å². The zero-order chi connectivity index (χ0) is 23.9. The summed E-state index contributed by atoms with van der Waals surface area (Å²) in [5, 5.41) is 17.0. The highest BCUT2D eigenvalue weighted by Crippen LogP contribution is 2.23. The molecule has 1 aliphatic rings. The Morgan fingerprint density at radius 2 is 1.56 bits per heavy atom. The summed E-state index contributed by atoms with van der Waals surface area (Å²) >= 11 is 0. The molecule has 34 heavy (non-hydrogen) atoms. The maximum atomic E-state index is 13.0. The molecular weight excluding hydrogens is 434 g/mol. The maximum Gasteiger partial charge on any atom is 0.310 e. The Labute approximate surface area is 197 Å². The van der Waals surface area contributed by atoms with E-state index in [4.69, 9.17) is 4.74 Å². The lowest BCUT2D eigenvalue weighted by molar-refractivity contribution is -0.384. The molecule has 2 N–H and O–H groups in total. The molecule has 1 aliphatic heterocycles. The summed E-state index contributed by atoms with van der Waals surface area (Å²) in [4.78, 5) is 35.6. The predicted octanol–water partition coefficient (Wildman–Crippen LogP) is 3.32. The Bertz CT molecular complexity index is 1100. The van der Waals surface area contributed by atoms with E-state index in [2.05, 4.69) is 10.6 Å². The molecule has 0 spiro atoms. The number of non-ortho nitro benzene ring substituents is 1. The van der Waals surface area contributed by atoms with Crippen molar-refractivity contribution in [1.82, 2.24) is 10.6 Å². The molecule has 1 heterocycles. The molecule has 174 valence electrons. The van der Waals surface area contributed by atoms with E-state index in [1.54, 1.807) is 0 Å². The minimum Gasteiger partial charge on any atom is -0.461 e. The van der Waals surface area contributed by atoms with E-state index in [1.165, 1.54) is 24.3 Å². The van der Waals surface area contributed by atoms with Crippen molar-refractivity contribution in [3.8, 4) is 0 Å². The number of esters is 1. The molecule has 0 radical (unpaired) electrons. The van der Waals surface area contributed by atoms with Crippen LogP contribution in [-0.2, 0) is 20.7 Å². The number of nitrogens with one attached hydrogen (secondary N) is 2. The minimum atomic E-state index is -0.488. The SMILES string of the molecule is O=C(Cc1ccc([N+](=O)[O-])cc1)OC1CNC(C(=O)NC(c2ccccc2)c2ccccc2)C1. The molecule has 0 aromatic heterocycles. The average molecular weight is 460 g/mol. The van der Waals surface area contributed by atoms with Crippen LogP contribution < -0.4 is 10.6 Å². The number of hydrogen-bond donors (Lipinski definition) is 2. The lowest BCUT2D eigenvalue weighted by Gasteiger charge is -2.22. The fourth-order valence-electron chi connectivity index (χ4n) is 4.02. The van der Waals surface area contributed by atoms with Crippen molar-refractivity contribution in [3.63, 3.8) is 0 Å². The number of carbonyl (C=O) groups excluding carboxylic acids is 2. The second kappa shape index (κ2) is 10.7. The molecule has 8 nitrogen and oxygen atoms in total. The Hall–Kier alpha value is -4.04. The van der Waals surface area contributed by atoms with Gasteiger partial charge in [0.05, 0.1) is 23.4 Å². The normalized spacial score (nSPS) is 17.3. The van der Waals surface area contributed by atoms with Gasteiger partial charge in [0.2, 0.25) is 5.91 Å². The monoisotopic (exact) mass is 459 g/mol. The topological polar surface area (TPSA) is 111 Å². The minimum absolute atomic E-state index is 0.00937. The second-order valence-electron chi connectivity index (χ2n) is 8.17. The molecule has 1 saturated heterocycles. The van der Waals surface area contributed by atoms with E-state index in [9.17, 15) is 19.7 Å². The van der Waals surface area contributed by atoms with Crippen LogP contribution in [0.4, 0.5) is 5.69 Å². The van der Waals surface area contributed by atoms with Crippen LogP contribution in [0.25, 0.3) is 0 Å². The fourth-order valence-corrected chi connectivity index (χ4v) is 4.02. The summed E-state index contributed by atoms with van der Waals surface area (Å²) < 4.78 is 5.53. The van der Waals surface area contributed by atoms with Crippen LogP contribution in [0.3, 0.4) is 0 Å². The zero-order valence-electron chi connectivity index (χ0n) is 18.4. The van der Waals surface area contributed by atoms with Crippen LogP contribution in [0.2, 0.25) is 0 Å². The first-order valence-electron chi connectivity index (χ1n) is 11.1. The van der Waals surface area contributed by atoms with Gasteiger partial charge in [-0.3, -0.25) is 19.7 Å². The third kappa shape index (κ3) is 5.85. The van der Waals surface area contributed by atoms with Crippen LogP contribution in [0.15, 0.2) is 84.9 Å². The largest absolute Gasteiger partial charge is 0.461 e. The summed E-state index contributed by atoms with van der Waals surface area (Å²) in [6.07, 6.45) is -0.0444. The molecule has 8 heteroatoms. The first kappa shape index (κ1) is 23.1. The number of nitro groups is 1. The highest BCUT2D eigenvalue weighted by atomic mass is 16.6. The van der Waals surface area contributed by atoms with Gasteiger partial charge in [-0.2, -0.15) is 0 Å². The summed E-state index contributed by atoms with van der Waals surface area (Å²) in [5.41, 5.74) is 2.55. The number of nitro benzene ring substituents is 1. The van der Waals surface area contributed by atoms with Crippen molar-refractivity contribution in [2.75, 3.05) is 6.54 Å². The van der Waals surface area contributed by atoms with Gasteiger partial charge >= 0.3 is 5.97 Å². The number of benzene rings is 3. The van der Waals surface area contributed by atoms with Gasteiger partial charge in [0.25, 0.3) is 5.69 Å². The lowest BCUT2D eigenvalue weighted by Crippen LogP contribution is -2.42. The molecule has 0 bridgehead atoms. The molecule has 2 atom stereocenters. The van der Waals surface area contributed by atoms with Crippen molar-refractivity contribution in [1.29, 1.82) is 0 Å².